The van der Waals surface area contributed by atoms with Gasteiger partial charge in [0.1, 0.15) is 23.5 Å². The van der Waals surface area contributed by atoms with Crippen LogP contribution in [0.2, 0.25) is 0 Å². The first-order valence-corrected chi connectivity index (χ1v) is 8.00. The summed E-state index contributed by atoms with van der Waals surface area (Å²) >= 11 is 3.15. The summed E-state index contributed by atoms with van der Waals surface area (Å²) in [6, 6.07) is 5.09. The minimum atomic E-state index is -0.616. The van der Waals surface area contributed by atoms with Crippen molar-refractivity contribution in [1.29, 1.82) is 0 Å². The molecule has 0 spiro atoms. The van der Waals surface area contributed by atoms with Crippen molar-refractivity contribution in [2.45, 2.75) is 26.4 Å². The van der Waals surface area contributed by atoms with Crippen molar-refractivity contribution < 1.29 is 23.1 Å². The van der Waals surface area contributed by atoms with Gasteiger partial charge in [-0.25, -0.2) is 14.2 Å². The predicted molar refractivity (Wildman–Crippen MR) is 90.6 cm³/mol. The van der Waals surface area contributed by atoms with E-state index < -0.39 is 11.7 Å². The molecule has 0 aliphatic rings. The van der Waals surface area contributed by atoms with E-state index in [-0.39, 0.29) is 18.7 Å². The Hall–Kier alpha value is -2.09. The topological polar surface area (TPSA) is 73.6 Å². The second-order valence-corrected chi connectivity index (χ2v) is 6.69. The minimum absolute atomic E-state index is 0.0124. The molecule has 1 aromatic carbocycles. The van der Waals surface area contributed by atoms with E-state index in [0.717, 1.165) is 0 Å². The van der Waals surface area contributed by atoms with Crippen LogP contribution in [0.25, 0.3) is 11.1 Å². The highest BCUT2D eigenvalue weighted by molar-refractivity contribution is 9.10. The Morgan fingerprint density at radius 3 is 2.88 bits per heavy atom. The highest BCUT2D eigenvalue weighted by Crippen LogP contribution is 2.24. The number of oxazole rings is 1. The summed E-state index contributed by atoms with van der Waals surface area (Å²) in [5.74, 6) is 0.503. The van der Waals surface area contributed by atoms with Gasteiger partial charge in [0, 0.05) is 34.1 Å². The fraction of sp³-hybridized carbons (Fsp3) is 0.375. The van der Waals surface area contributed by atoms with Gasteiger partial charge in [0.2, 0.25) is 0 Å². The van der Waals surface area contributed by atoms with E-state index in [4.69, 9.17) is 13.9 Å². The van der Waals surface area contributed by atoms with E-state index >= 15 is 0 Å². The standard InChI is InChI=1S/C16H18BrFN2O4/c1-16(2,3)24-15(21)19-8-10(7-18)9-22-11-4-5-12-13(6-11)23-14(17)20-12/h4-7H,8-9H2,1-3H3,(H,19,21)/b10-7+. The molecule has 6 nitrogen and oxygen atoms in total. The van der Waals surface area contributed by atoms with Crippen molar-refractivity contribution in [2.75, 3.05) is 13.2 Å². The molecule has 8 heteroatoms. The summed E-state index contributed by atoms with van der Waals surface area (Å²) in [6.07, 6.45) is -0.212. The molecule has 0 atom stereocenters. The lowest BCUT2D eigenvalue weighted by molar-refractivity contribution is 0.0531. The van der Waals surface area contributed by atoms with Crippen LogP contribution in [0.4, 0.5) is 9.18 Å². The molecule has 1 aromatic heterocycles. The number of nitrogens with one attached hydrogen (secondary N) is 1. The van der Waals surface area contributed by atoms with Crippen molar-refractivity contribution in [3.8, 4) is 5.75 Å². The van der Waals surface area contributed by atoms with Gasteiger partial charge in [-0.15, -0.1) is 0 Å². The number of benzene rings is 1. The number of carbonyl (C=O) groups excluding carboxylic acids is 1. The number of nitrogens with zero attached hydrogens (tertiary/aromatic N) is 1. The number of ether oxygens (including phenoxy) is 2. The maximum Gasteiger partial charge on any atom is 0.407 e. The SMILES string of the molecule is CC(C)(C)OC(=O)NC/C(=C\F)COc1ccc2nc(Br)oc2c1. The van der Waals surface area contributed by atoms with Gasteiger partial charge in [-0.2, -0.15) is 0 Å². The molecular formula is C16H18BrFN2O4. The maximum atomic E-state index is 12.9. The summed E-state index contributed by atoms with van der Waals surface area (Å²) in [5, 5.41) is 2.48. The molecule has 0 unspecified atom stereocenters. The van der Waals surface area contributed by atoms with Crippen LogP contribution in [0, 0.1) is 0 Å². The first-order valence-electron chi connectivity index (χ1n) is 7.21. The Balaban J connectivity index is 1.87. The number of amides is 1. The van der Waals surface area contributed by atoms with Crippen LogP contribution < -0.4 is 10.1 Å². The van der Waals surface area contributed by atoms with E-state index in [1.54, 1.807) is 39.0 Å². The van der Waals surface area contributed by atoms with Crippen LogP contribution in [0.3, 0.4) is 0 Å². The third kappa shape index (κ3) is 5.52. The molecule has 0 fully saturated rings. The zero-order valence-electron chi connectivity index (χ0n) is 13.6. The number of hydrogen-bond acceptors (Lipinski definition) is 5. The lowest BCUT2D eigenvalue weighted by Gasteiger charge is -2.20. The van der Waals surface area contributed by atoms with Crippen LogP contribution >= 0.6 is 15.9 Å². The molecule has 2 rings (SSSR count). The maximum absolute atomic E-state index is 12.9. The van der Waals surface area contributed by atoms with Gasteiger partial charge in [-0.1, -0.05) is 0 Å². The number of alkyl carbamates (subject to hydrolysis) is 1. The minimum Gasteiger partial charge on any atom is -0.489 e. The van der Waals surface area contributed by atoms with Crippen molar-refractivity contribution in [3.63, 3.8) is 0 Å². The summed E-state index contributed by atoms with van der Waals surface area (Å²) in [6.45, 7) is 5.22. The van der Waals surface area contributed by atoms with Crippen LogP contribution in [-0.4, -0.2) is 29.8 Å². The van der Waals surface area contributed by atoms with Gasteiger partial charge in [-0.05, 0) is 32.9 Å². The third-order valence-corrected chi connectivity index (χ3v) is 3.11. The Bertz CT molecular complexity index is 752. The largest absolute Gasteiger partial charge is 0.489 e. The predicted octanol–water partition coefficient (Wildman–Crippen LogP) is 4.35. The first kappa shape index (κ1) is 18.3. The van der Waals surface area contributed by atoms with Crippen molar-refractivity contribution >= 4 is 33.1 Å². The summed E-state index contributed by atoms with van der Waals surface area (Å²) in [4.78, 5) is 16.0. The normalized spacial score (nSPS) is 12.3. The zero-order chi connectivity index (χ0) is 17.7. The molecule has 0 saturated carbocycles. The lowest BCUT2D eigenvalue weighted by atomic mass is 10.2. The monoisotopic (exact) mass is 400 g/mol. The molecule has 24 heavy (non-hydrogen) atoms. The van der Waals surface area contributed by atoms with E-state index in [1.165, 1.54) is 0 Å². The van der Waals surface area contributed by atoms with Gasteiger partial charge in [0.15, 0.2) is 5.58 Å². The average molecular weight is 401 g/mol. The molecular weight excluding hydrogens is 383 g/mol. The Morgan fingerprint density at radius 2 is 2.21 bits per heavy atom. The van der Waals surface area contributed by atoms with Crippen LogP contribution in [0.5, 0.6) is 5.75 Å². The molecule has 1 heterocycles. The van der Waals surface area contributed by atoms with Crippen molar-refractivity contribution in [1.82, 2.24) is 10.3 Å². The number of fused-ring (bicyclic) bond motifs is 1. The molecule has 0 aliphatic heterocycles. The molecule has 130 valence electrons. The summed E-state index contributed by atoms with van der Waals surface area (Å²) < 4.78 is 28.9. The Labute approximate surface area is 147 Å². The van der Waals surface area contributed by atoms with E-state index in [0.29, 0.717) is 28.0 Å². The number of hydrogen-bond donors (Lipinski definition) is 1. The second-order valence-electron chi connectivity index (χ2n) is 6.01. The van der Waals surface area contributed by atoms with Gasteiger partial charge in [0.05, 0.1) is 6.33 Å². The van der Waals surface area contributed by atoms with Crippen LogP contribution in [0.1, 0.15) is 20.8 Å². The lowest BCUT2D eigenvalue weighted by Crippen LogP contribution is -2.34. The molecule has 0 saturated heterocycles. The van der Waals surface area contributed by atoms with Gasteiger partial charge < -0.3 is 19.2 Å². The second kappa shape index (κ2) is 7.65. The Kier molecular flexibility index (Phi) is 5.82. The fourth-order valence-corrected chi connectivity index (χ4v) is 2.13. The van der Waals surface area contributed by atoms with E-state index in [1.807, 2.05) is 0 Å². The van der Waals surface area contributed by atoms with Crippen LogP contribution in [0.15, 0.2) is 39.3 Å². The molecule has 1 N–H and O–H groups in total. The molecule has 0 aliphatic carbocycles. The molecule has 0 radical (unpaired) electrons. The van der Waals surface area contributed by atoms with E-state index in [2.05, 4.69) is 26.2 Å². The Morgan fingerprint density at radius 1 is 1.46 bits per heavy atom. The van der Waals surface area contributed by atoms with Gasteiger partial charge in [-0.3, -0.25) is 0 Å². The summed E-state index contributed by atoms with van der Waals surface area (Å²) in [5.41, 5.74) is 0.889. The van der Waals surface area contributed by atoms with Gasteiger partial charge in [0.25, 0.3) is 4.80 Å². The number of halogens is 2. The van der Waals surface area contributed by atoms with Crippen molar-refractivity contribution in [3.05, 3.63) is 34.9 Å². The van der Waals surface area contributed by atoms with E-state index in [9.17, 15) is 9.18 Å². The molecule has 2 aromatic rings. The zero-order valence-corrected chi connectivity index (χ0v) is 15.1. The quantitative estimate of drug-likeness (QED) is 0.807. The van der Waals surface area contributed by atoms with Crippen LogP contribution in [-0.2, 0) is 4.74 Å². The number of rotatable bonds is 5. The number of aromatic nitrogens is 1. The average Bonchev–Trinajstić information content (AvgIpc) is 2.84. The first-order chi connectivity index (χ1) is 11.3. The van der Waals surface area contributed by atoms with Crippen molar-refractivity contribution in [2.24, 2.45) is 0 Å². The molecule has 0 bridgehead atoms. The molecule has 1 amide bonds. The summed E-state index contributed by atoms with van der Waals surface area (Å²) in [7, 11) is 0. The fourth-order valence-electron chi connectivity index (χ4n) is 1.76. The third-order valence-electron chi connectivity index (χ3n) is 2.77. The highest BCUT2D eigenvalue weighted by atomic mass is 79.9. The highest BCUT2D eigenvalue weighted by Gasteiger charge is 2.16. The number of carbonyl (C=O) groups is 1. The van der Waals surface area contributed by atoms with Gasteiger partial charge >= 0.3 is 6.09 Å². The smallest absolute Gasteiger partial charge is 0.407 e.